The quantitative estimate of drug-likeness (QED) is 0.751. The van der Waals surface area contributed by atoms with Crippen molar-refractivity contribution in [3.8, 4) is 0 Å². The standard InChI is InChI=1S/C19H30N2O4/c1-3-19(2,15-22)14-20-11-17-12-21(9-10-24-17)18(23)25-13-16-7-5-4-6-8-16/h4-8,17,20,22H,3,9-15H2,1-2H3. The van der Waals surface area contributed by atoms with E-state index in [0.717, 1.165) is 18.5 Å². The van der Waals surface area contributed by atoms with E-state index in [1.54, 1.807) is 4.90 Å². The molecular weight excluding hydrogens is 320 g/mol. The first-order chi connectivity index (χ1) is 12.1. The number of rotatable bonds is 8. The average molecular weight is 350 g/mol. The van der Waals surface area contributed by atoms with Crippen LogP contribution >= 0.6 is 0 Å². The Morgan fingerprint density at radius 3 is 2.88 bits per heavy atom. The van der Waals surface area contributed by atoms with E-state index in [1.807, 2.05) is 30.3 Å². The first-order valence-corrected chi connectivity index (χ1v) is 8.95. The number of nitrogens with zero attached hydrogens (tertiary/aromatic N) is 1. The maximum Gasteiger partial charge on any atom is 0.410 e. The lowest BCUT2D eigenvalue weighted by Crippen LogP contribution is -2.50. The van der Waals surface area contributed by atoms with Crippen molar-refractivity contribution in [3.63, 3.8) is 0 Å². The summed E-state index contributed by atoms with van der Waals surface area (Å²) in [6, 6.07) is 9.66. The van der Waals surface area contributed by atoms with Gasteiger partial charge in [-0.3, -0.25) is 0 Å². The zero-order valence-electron chi connectivity index (χ0n) is 15.2. The molecule has 1 fully saturated rings. The molecule has 1 aliphatic heterocycles. The van der Waals surface area contributed by atoms with E-state index in [2.05, 4.69) is 19.2 Å². The first-order valence-electron chi connectivity index (χ1n) is 8.95. The number of morpholine rings is 1. The summed E-state index contributed by atoms with van der Waals surface area (Å²) in [5.41, 5.74) is 0.855. The van der Waals surface area contributed by atoms with Crippen LogP contribution in [0.4, 0.5) is 4.79 Å². The van der Waals surface area contributed by atoms with Crippen LogP contribution in [-0.2, 0) is 16.1 Å². The van der Waals surface area contributed by atoms with Gasteiger partial charge in [-0.1, -0.05) is 44.2 Å². The minimum atomic E-state index is -0.300. The Bertz CT molecular complexity index is 519. The van der Waals surface area contributed by atoms with Crippen molar-refractivity contribution in [2.75, 3.05) is 39.4 Å². The summed E-state index contributed by atoms with van der Waals surface area (Å²) in [6.07, 6.45) is 0.545. The Kier molecular flexibility index (Phi) is 7.68. The number of ether oxygens (including phenoxy) is 2. The van der Waals surface area contributed by atoms with Crippen LogP contribution in [0, 0.1) is 5.41 Å². The molecule has 2 rings (SSSR count). The third kappa shape index (κ3) is 6.30. The molecule has 6 heteroatoms. The second-order valence-electron chi connectivity index (χ2n) is 6.93. The van der Waals surface area contributed by atoms with E-state index in [9.17, 15) is 9.90 Å². The molecule has 140 valence electrons. The van der Waals surface area contributed by atoms with E-state index in [4.69, 9.17) is 9.47 Å². The molecule has 2 atom stereocenters. The first kappa shape index (κ1) is 19.7. The fourth-order valence-electron chi connectivity index (χ4n) is 2.65. The highest BCUT2D eigenvalue weighted by Gasteiger charge is 2.26. The Balaban J connectivity index is 1.73. The number of hydrogen-bond donors (Lipinski definition) is 2. The number of benzene rings is 1. The molecule has 0 saturated carbocycles. The van der Waals surface area contributed by atoms with Gasteiger partial charge in [0.15, 0.2) is 0 Å². The predicted octanol–water partition coefficient (Wildman–Crippen LogP) is 2.02. The van der Waals surface area contributed by atoms with Gasteiger partial charge in [-0.2, -0.15) is 0 Å². The van der Waals surface area contributed by atoms with Gasteiger partial charge in [0, 0.05) is 31.7 Å². The van der Waals surface area contributed by atoms with E-state index in [0.29, 0.717) is 26.2 Å². The number of amides is 1. The highest BCUT2D eigenvalue weighted by atomic mass is 16.6. The molecule has 2 unspecified atom stereocenters. The Hall–Kier alpha value is -1.63. The molecule has 2 N–H and O–H groups in total. The fraction of sp³-hybridized carbons (Fsp3) is 0.632. The number of nitrogens with one attached hydrogen (secondary N) is 1. The van der Waals surface area contributed by atoms with Gasteiger partial charge in [0.1, 0.15) is 6.61 Å². The molecule has 0 aromatic heterocycles. The van der Waals surface area contributed by atoms with Gasteiger partial charge in [-0.15, -0.1) is 0 Å². The third-order valence-corrected chi connectivity index (χ3v) is 4.76. The van der Waals surface area contributed by atoms with Crippen LogP contribution in [0.1, 0.15) is 25.8 Å². The number of hydrogen-bond acceptors (Lipinski definition) is 5. The number of carbonyl (C=O) groups is 1. The van der Waals surface area contributed by atoms with E-state index in [-0.39, 0.29) is 30.8 Å². The molecule has 0 aliphatic carbocycles. The average Bonchev–Trinajstić information content (AvgIpc) is 2.67. The van der Waals surface area contributed by atoms with Gasteiger partial charge in [0.25, 0.3) is 0 Å². The molecule has 6 nitrogen and oxygen atoms in total. The second kappa shape index (κ2) is 9.75. The third-order valence-electron chi connectivity index (χ3n) is 4.76. The number of carbonyl (C=O) groups excluding carboxylic acids is 1. The van der Waals surface area contributed by atoms with Gasteiger partial charge in [0.05, 0.1) is 19.3 Å². The summed E-state index contributed by atoms with van der Waals surface area (Å²) in [4.78, 5) is 13.9. The number of aliphatic hydroxyl groups excluding tert-OH is 1. The molecule has 1 saturated heterocycles. The van der Waals surface area contributed by atoms with Crippen LogP contribution in [0.3, 0.4) is 0 Å². The monoisotopic (exact) mass is 350 g/mol. The van der Waals surface area contributed by atoms with Gasteiger partial charge >= 0.3 is 6.09 Å². The smallest absolute Gasteiger partial charge is 0.410 e. The van der Waals surface area contributed by atoms with Gasteiger partial charge in [-0.25, -0.2) is 4.79 Å². The van der Waals surface area contributed by atoms with Gasteiger partial charge in [-0.05, 0) is 12.0 Å². The summed E-state index contributed by atoms with van der Waals surface area (Å²) in [5.74, 6) is 0. The van der Waals surface area contributed by atoms with Gasteiger partial charge < -0.3 is 24.8 Å². The number of aliphatic hydroxyl groups is 1. The summed E-state index contributed by atoms with van der Waals surface area (Å²) in [5, 5.41) is 12.8. The summed E-state index contributed by atoms with van der Waals surface area (Å²) in [7, 11) is 0. The van der Waals surface area contributed by atoms with E-state index >= 15 is 0 Å². The Labute approximate surface area is 150 Å². The molecule has 25 heavy (non-hydrogen) atoms. The van der Waals surface area contributed by atoms with Crippen LogP contribution < -0.4 is 5.32 Å². The molecule has 1 aliphatic rings. The van der Waals surface area contributed by atoms with Crippen LogP contribution in [0.5, 0.6) is 0 Å². The molecule has 0 bridgehead atoms. The van der Waals surface area contributed by atoms with Crippen molar-refractivity contribution in [3.05, 3.63) is 35.9 Å². The van der Waals surface area contributed by atoms with Crippen molar-refractivity contribution in [2.45, 2.75) is 33.0 Å². The lowest BCUT2D eigenvalue weighted by molar-refractivity contribution is -0.0282. The van der Waals surface area contributed by atoms with Crippen LogP contribution in [-0.4, -0.2) is 61.6 Å². The Morgan fingerprint density at radius 2 is 2.20 bits per heavy atom. The lowest BCUT2D eigenvalue weighted by atomic mass is 9.88. The van der Waals surface area contributed by atoms with Crippen molar-refractivity contribution in [2.24, 2.45) is 5.41 Å². The van der Waals surface area contributed by atoms with Crippen molar-refractivity contribution in [1.29, 1.82) is 0 Å². The molecule has 1 aromatic rings. The second-order valence-corrected chi connectivity index (χ2v) is 6.93. The minimum Gasteiger partial charge on any atom is -0.445 e. The van der Waals surface area contributed by atoms with Crippen molar-refractivity contribution in [1.82, 2.24) is 10.2 Å². The lowest BCUT2D eigenvalue weighted by Gasteiger charge is -2.33. The van der Waals surface area contributed by atoms with Crippen molar-refractivity contribution < 1.29 is 19.4 Å². The minimum absolute atomic E-state index is 0.0576. The van der Waals surface area contributed by atoms with Crippen molar-refractivity contribution >= 4 is 6.09 Å². The normalized spacial score (nSPS) is 20.1. The van der Waals surface area contributed by atoms with E-state index in [1.165, 1.54) is 0 Å². The largest absolute Gasteiger partial charge is 0.445 e. The predicted molar refractivity (Wildman–Crippen MR) is 96.3 cm³/mol. The fourth-order valence-corrected chi connectivity index (χ4v) is 2.65. The summed E-state index contributed by atoms with van der Waals surface area (Å²) in [6.45, 7) is 7.50. The highest BCUT2D eigenvalue weighted by molar-refractivity contribution is 5.67. The summed E-state index contributed by atoms with van der Waals surface area (Å²) < 4.78 is 11.1. The van der Waals surface area contributed by atoms with Gasteiger partial charge in [0.2, 0.25) is 0 Å². The molecule has 0 radical (unpaired) electrons. The SMILES string of the molecule is CCC(C)(CO)CNCC1CN(C(=O)OCc2ccccc2)CCO1. The molecule has 1 heterocycles. The van der Waals surface area contributed by atoms with Crippen LogP contribution in [0.2, 0.25) is 0 Å². The molecule has 1 aromatic carbocycles. The highest BCUT2D eigenvalue weighted by Crippen LogP contribution is 2.18. The molecular formula is C19H30N2O4. The molecule has 1 amide bonds. The van der Waals surface area contributed by atoms with Crippen LogP contribution in [0.15, 0.2) is 30.3 Å². The zero-order chi connectivity index (χ0) is 18.1. The van der Waals surface area contributed by atoms with E-state index < -0.39 is 0 Å². The maximum atomic E-state index is 12.2. The zero-order valence-corrected chi connectivity index (χ0v) is 15.2. The molecule has 0 spiro atoms. The maximum absolute atomic E-state index is 12.2. The Morgan fingerprint density at radius 1 is 1.44 bits per heavy atom. The topological polar surface area (TPSA) is 71.0 Å². The van der Waals surface area contributed by atoms with Crippen LogP contribution in [0.25, 0.3) is 0 Å². The summed E-state index contributed by atoms with van der Waals surface area (Å²) >= 11 is 0.